The zero-order chi connectivity index (χ0) is 23.0. The second-order valence-electron chi connectivity index (χ2n) is 8.91. The number of hydrogen-bond donors (Lipinski definition) is 0. The lowest BCUT2D eigenvalue weighted by atomic mass is 10.2. The lowest BCUT2D eigenvalue weighted by Gasteiger charge is -2.28. The Morgan fingerprint density at radius 2 is 1.91 bits per heavy atom. The van der Waals surface area contributed by atoms with Crippen molar-refractivity contribution >= 4 is 17.3 Å². The fraction of sp³-hybridized carbons (Fsp3) is 0.545. The third kappa shape index (κ3) is 4.21. The molecule has 0 aliphatic carbocycles. The van der Waals surface area contributed by atoms with Gasteiger partial charge in [0.1, 0.15) is 29.7 Å². The van der Waals surface area contributed by atoms with Gasteiger partial charge in [-0.3, -0.25) is 0 Å². The lowest BCUT2D eigenvalue weighted by Crippen LogP contribution is -2.42. The predicted molar refractivity (Wildman–Crippen MR) is 118 cm³/mol. The van der Waals surface area contributed by atoms with Gasteiger partial charge in [0.2, 0.25) is 5.88 Å². The van der Waals surface area contributed by atoms with Gasteiger partial charge >= 0.3 is 6.09 Å². The molecule has 10 nitrogen and oxygen atoms in total. The van der Waals surface area contributed by atoms with Crippen molar-refractivity contribution in [3.05, 3.63) is 24.5 Å². The summed E-state index contributed by atoms with van der Waals surface area (Å²) in [6, 6.07) is -0.159. The molecule has 4 heterocycles. The zero-order valence-corrected chi connectivity index (χ0v) is 19.4. The molecule has 3 aromatic heterocycles. The average molecular weight is 440 g/mol. The number of fused-ring (bicyclic) bond motifs is 1. The lowest BCUT2D eigenvalue weighted by molar-refractivity contribution is 0.0191. The number of aryl methyl sites for hydroxylation is 2. The highest BCUT2D eigenvalue weighted by molar-refractivity contribution is 5.81. The summed E-state index contributed by atoms with van der Waals surface area (Å²) < 4.78 is 13.8. The Kier molecular flexibility index (Phi) is 5.70. The van der Waals surface area contributed by atoms with Crippen LogP contribution in [-0.2, 0) is 11.3 Å². The Labute approximate surface area is 187 Å². The molecule has 1 saturated heterocycles. The SMILES string of the molecule is CCn1c(-c2cnc(C)nc2)nc2c(OC3CCN(C(=O)OC(C)(C)C)C3C)ncnc21. The molecular formula is C22H29N7O3. The maximum Gasteiger partial charge on any atom is 0.410 e. The van der Waals surface area contributed by atoms with E-state index >= 15 is 0 Å². The summed E-state index contributed by atoms with van der Waals surface area (Å²) in [5.74, 6) is 1.81. The van der Waals surface area contributed by atoms with Gasteiger partial charge in [-0.05, 0) is 41.5 Å². The van der Waals surface area contributed by atoms with E-state index in [1.165, 1.54) is 6.33 Å². The first-order valence-corrected chi connectivity index (χ1v) is 10.8. The molecule has 0 bridgehead atoms. The molecule has 1 aliphatic heterocycles. The summed E-state index contributed by atoms with van der Waals surface area (Å²) in [5, 5.41) is 0. The highest BCUT2D eigenvalue weighted by atomic mass is 16.6. The quantitative estimate of drug-likeness (QED) is 0.609. The van der Waals surface area contributed by atoms with Gasteiger partial charge in [0, 0.05) is 31.9 Å². The van der Waals surface area contributed by atoms with Crippen LogP contribution < -0.4 is 4.74 Å². The number of likely N-dealkylation sites (tertiary alicyclic amines) is 1. The highest BCUT2D eigenvalue weighted by Gasteiger charge is 2.38. The van der Waals surface area contributed by atoms with Crippen LogP contribution in [0.25, 0.3) is 22.6 Å². The molecule has 2 unspecified atom stereocenters. The maximum atomic E-state index is 12.5. The van der Waals surface area contributed by atoms with E-state index in [9.17, 15) is 4.79 Å². The van der Waals surface area contributed by atoms with Gasteiger partial charge in [-0.2, -0.15) is 4.98 Å². The van der Waals surface area contributed by atoms with Gasteiger partial charge in [0.15, 0.2) is 11.2 Å². The smallest absolute Gasteiger partial charge is 0.410 e. The maximum absolute atomic E-state index is 12.5. The Bertz CT molecular complexity index is 1120. The molecule has 170 valence electrons. The van der Waals surface area contributed by atoms with Crippen molar-refractivity contribution in [1.82, 2.24) is 34.4 Å². The molecule has 0 aromatic carbocycles. The van der Waals surface area contributed by atoms with Crippen molar-refractivity contribution < 1.29 is 14.3 Å². The van der Waals surface area contributed by atoms with E-state index in [-0.39, 0.29) is 18.2 Å². The molecule has 0 N–H and O–H groups in total. The second-order valence-corrected chi connectivity index (χ2v) is 8.91. The van der Waals surface area contributed by atoms with E-state index in [4.69, 9.17) is 14.5 Å². The molecule has 1 amide bonds. The Hall–Kier alpha value is -3.30. The number of carbonyl (C=O) groups is 1. The molecular weight excluding hydrogens is 410 g/mol. The number of aromatic nitrogens is 6. The van der Waals surface area contributed by atoms with E-state index in [0.29, 0.717) is 48.2 Å². The monoisotopic (exact) mass is 439 g/mol. The van der Waals surface area contributed by atoms with Crippen molar-refractivity contribution in [3.63, 3.8) is 0 Å². The van der Waals surface area contributed by atoms with Crippen LogP contribution in [0.2, 0.25) is 0 Å². The molecule has 3 aromatic rings. The first-order valence-electron chi connectivity index (χ1n) is 10.8. The number of hydrogen-bond acceptors (Lipinski definition) is 8. The van der Waals surface area contributed by atoms with Gasteiger partial charge in [0.05, 0.1) is 11.6 Å². The van der Waals surface area contributed by atoms with Crippen LogP contribution in [0.3, 0.4) is 0 Å². The topological polar surface area (TPSA) is 108 Å². The molecule has 0 spiro atoms. The number of amides is 1. The summed E-state index contributed by atoms with van der Waals surface area (Å²) >= 11 is 0. The van der Waals surface area contributed by atoms with E-state index in [1.54, 1.807) is 17.3 Å². The largest absolute Gasteiger partial charge is 0.470 e. The number of carbonyl (C=O) groups excluding carboxylic acids is 1. The fourth-order valence-electron chi connectivity index (χ4n) is 3.82. The van der Waals surface area contributed by atoms with Crippen LogP contribution >= 0.6 is 0 Å². The minimum Gasteiger partial charge on any atom is -0.470 e. The van der Waals surface area contributed by atoms with E-state index in [0.717, 1.165) is 5.56 Å². The number of imidazole rings is 1. The van der Waals surface area contributed by atoms with Gasteiger partial charge < -0.3 is 18.9 Å². The minimum absolute atomic E-state index is 0.159. The van der Waals surface area contributed by atoms with Crippen molar-refractivity contribution in [2.75, 3.05) is 6.54 Å². The summed E-state index contributed by atoms with van der Waals surface area (Å²) in [6.07, 6.45) is 5.10. The van der Waals surface area contributed by atoms with Gasteiger partial charge in [-0.25, -0.2) is 24.7 Å². The molecule has 0 saturated carbocycles. The van der Waals surface area contributed by atoms with Crippen LogP contribution in [0.5, 0.6) is 5.88 Å². The third-order valence-corrected chi connectivity index (χ3v) is 5.43. The van der Waals surface area contributed by atoms with Crippen molar-refractivity contribution in [2.45, 2.75) is 72.3 Å². The summed E-state index contributed by atoms with van der Waals surface area (Å²) in [4.78, 5) is 36.4. The normalized spacial score (nSPS) is 18.9. The zero-order valence-electron chi connectivity index (χ0n) is 19.4. The highest BCUT2D eigenvalue weighted by Crippen LogP contribution is 2.30. The van der Waals surface area contributed by atoms with E-state index < -0.39 is 5.60 Å². The fourth-order valence-corrected chi connectivity index (χ4v) is 3.82. The minimum atomic E-state index is -0.544. The van der Waals surface area contributed by atoms with Crippen LogP contribution in [0, 0.1) is 6.92 Å². The van der Waals surface area contributed by atoms with Crippen molar-refractivity contribution in [2.24, 2.45) is 0 Å². The Morgan fingerprint density at radius 3 is 2.56 bits per heavy atom. The first kappa shape index (κ1) is 21.9. The molecule has 2 atom stereocenters. The second kappa shape index (κ2) is 8.33. The van der Waals surface area contributed by atoms with Crippen molar-refractivity contribution in [1.29, 1.82) is 0 Å². The molecule has 32 heavy (non-hydrogen) atoms. The number of nitrogens with zero attached hydrogens (tertiary/aromatic N) is 7. The first-order chi connectivity index (χ1) is 15.2. The standard InChI is InChI=1S/C22H29N7O3/c1-7-28-18(15-10-23-14(3)24-11-15)27-17-19(28)25-12-26-20(17)31-16-8-9-29(13(16)2)21(30)32-22(4,5)6/h10-13,16H,7-9H2,1-6H3. The van der Waals surface area contributed by atoms with Crippen LogP contribution in [-0.4, -0.2) is 64.8 Å². The summed E-state index contributed by atoms with van der Waals surface area (Å²) in [5.41, 5.74) is 1.51. The van der Waals surface area contributed by atoms with E-state index in [2.05, 4.69) is 19.9 Å². The van der Waals surface area contributed by atoms with Crippen LogP contribution in [0.4, 0.5) is 4.79 Å². The molecule has 1 aliphatic rings. The molecule has 1 fully saturated rings. The Morgan fingerprint density at radius 1 is 1.19 bits per heavy atom. The van der Waals surface area contributed by atoms with E-state index in [1.807, 2.05) is 46.1 Å². The number of rotatable bonds is 4. The average Bonchev–Trinajstić information content (AvgIpc) is 3.28. The Balaban J connectivity index is 1.62. The predicted octanol–water partition coefficient (Wildman–Crippen LogP) is 3.39. The van der Waals surface area contributed by atoms with Gasteiger partial charge in [-0.15, -0.1) is 0 Å². The van der Waals surface area contributed by atoms with Gasteiger partial charge in [-0.1, -0.05) is 0 Å². The molecule has 4 rings (SSSR count). The summed E-state index contributed by atoms with van der Waals surface area (Å²) in [6.45, 7) is 12.6. The van der Waals surface area contributed by atoms with Gasteiger partial charge in [0.25, 0.3) is 0 Å². The third-order valence-electron chi connectivity index (χ3n) is 5.43. The number of ether oxygens (including phenoxy) is 2. The van der Waals surface area contributed by atoms with Crippen LogP contribution in [0.1, 0.15) is 46.9 Å². The molecule has 0 radical (unpaired) electrons. The summed E-state index contributed by atoms with van der Waals surface area (Å²) in [7, 11) is 0. The van der Waals surface area contributed by atoms with Crippen molar-refractivity contribution in [3.8, 4) is 17.3 Å². The molecule has 10 heteroatoms. The van der Waals surface area contributed by atoms with Crippen LogP contribution in [0.15, 0.2) is 18.7 Å².